The number of alkyl halides is 2. The topological polar surface area (TPSA) is 18.5 Å². The van der Waals surface area contributed by atoms with E-state index in [1.54, 1.807) is 0 Å². The molecule has 0 saturated heterocycles. The van der Waals surface area contributed by atoms with Crippen molar-refractivity contribution in [1.29, 1.82) is 0 Å². The lowest BCUT2D eigenvalue weighted by atomic mass is 9.98. The molecular weight excluding hydrogens is 408 g/mol. The molecule has 2 nitrogen and oxygen atoms in total. The van der Waals surface area contributed by atoms with Crippen molar-refractivity contribution in [3.63, 3.8) is 0 Å². The van der Waals surface area contributed by atoms with E-state index in [1.807, 2.05) is 36.4 Å². The van der Waals surface area contributed by atoms with Gasteiger partial charge in [-0.05, 0) is 11.1 Å². The molecule has 2 atom stereocenters. The molecule has 0 spiro atoms. The van der Waals surface area contributed by atoms with E-state index in [9.17, 15) is 0 Å². The first-order valence-corrected chi connectivity index (χ1v) is 9.56. The average Bonchev–Trinajstić information content (AvgIpc) is 2.59. The summed E-state index contributed by atoms with van der Waals surface area (Å²) in [5.74, 6) is 0. The van der Waals surface area contributed by atoms with E-state index in [0.717, 1.165) is 21.8 Å². The molecule has 0 aromatic heterocycles. The van der Waals surface area contributed by atoms with Crippen LogP contribution >= 0.6 is 31.9 Å². The van der Waals surface area contributed by atoms with E-state index >= 15 is 0 Å². The van der Waals surface area contributed by atoms with Crippen LogP contribution in [0.4, 0.5) is 0 Å². The van der Waals surface area contributed by atoms with Gasteiger partial charge in [0.25, 0.3) is 0 Å². The summed E-state index contributed by atoms with van der Waals surface area (Å²) in [5.41, 5.74) is 2.26. The number of hydrogen-bond donors (Lipinski definition) is 0. The Kier molecular flexibility index (Phi) is 8.16. The van der Waals surface area contributed by atoms with Gasteiger partial charge in [0, 0.05) is 10.7 Å². The molecular formula is C18H20Br2O2. The van der Waals surface area contributed by atoms with Gasteiger partial charge in [-0.2, -0.15) is 0 Å². The van der Waals surface area contributed by atoms with E-state index in [2.05, 4.69) is 56.1 Å². The normalized spacial score (nSPS) is 13.7. The molecule has 22 heavy (non-hydrogen) atoms. The summed E-state index contributed by atoms with van der Waals surface area (Å²) in [6.07, 6.45) is -0.250. The second kappa shape index (κ2) is 10.2. The molecule has 2 rings (SSSR count). The van der Waals surface area contributed by atoms with E-state index in [4.69, 9.17) is 9.47 Å². The molecule has 0 fully saturated rings. The summed E-state index contributed by atoms with van der Waals surface area (Å²) in [6.45, 7) is 1.28. The maximum Gasteiger partial charge on any atom is 0.113 e. The quantitative estimate of drug-likeness (QED) is 0.506. The highest BCUT2D eigenvalue weighted by Gasteiger charge is 2.26. The SMILES string of the molecule is BrCCOC(c1ccccc1)C(OCCBr)c1ccccc1. The van der Waals surface area contributed by atoms with Gasteiger partial charge in [0.15, 0.2) is 0 Å². The lowest BCUT2D eigenvalue weighted by Crippen LogP contribution is -2.19. The fraction of sp³-hybridized carbons (Fsp3) is 0.333. The van der Waals surface area contributed by atoms with Crippen molar-refractivity contribution in [3.8, 4) is 0 Å². The minimum Gasteiger partial charge on any atom is -0.370 e. The van der Waals surface area contributed by atoms with Crippen LogP contribution < -0.4 is 0 Å². The predicted octanol–water partition coefficient (Wildman–Crippen LogP) is 5.29. The van der Waals surface area contributed by atoms with Crippen molar-refractivity contribution in [2.75, 3.05) is 23.9 Å². The van der Waals surface area contributed by atoms with E-state index < -0.39 is 0 Å². The standard InChI is InChI=1S/C18H20Br2O2/c19-11-13-21-17(15-7-3-1-4-8-15)18(22-14-12-20)16-9-5-2-6-10-16/h1-10,17-18H,11-14H2. The lowest BCUT2D eigenvalue weighted by molar-refractivity contribution is -0.0697. The van der Waals surface area contributed by atoms with Crippen LogP contribution in [0.15, 0.2) is 60.7 Å². The molecule has 4 heteroatoms. The first-order chi connectivity index (χ1) is 10.9. The fourth-order valence-corrected chi connectivity index (χ4v) is 2.72. The molecule has 0 heterocycles. The highest BCUT2D eigenvalue weighted by Crippen LogP contribution is 2.35. The van der Waals surface area contributed by atoms with Gasteiger partial charge in [-0.25, -0.2) is 0 Å². The van der Waals surface area contributed by atoms with E-state index in [0.29, 0.717) is 13.2 Å². The minimum absolute atomic E-state index is 0.125. The van der Waals surface area contributed by atoms with Crippen LogP contribution in [-0.2, 0) is 9.47 Å². The third-order valence-electron chi connectivity index (χ3n) is 3.28. The summed E-state index contributed by atoms with van der Waals surface area (Å²) in [4.78, 5) is 0. The Morgan fingerprint density at radius 1 is 0.636 bits per heavy atom. The summed E-state index contributed by atoms with van der Waals surface area (Å²) in [6, 6.07) is 20.5. The molecule has 0 saturated carbocycles. The van der Waals surface area contributed by atoms with Crippen molar-refractivity contribution in [3.05, 3.63) is 71.8 Å². The Balaban J connectivity index is 2.30. The monoisotopic (exact) mass is 426 g/mol. The van der Waals surface area contributed by atoms with Gasteiger partial charge in [-0.15, -0.1) is 0 Å². The third-order valence-corrected chi connectivity index (χ3v) is 3.93. The number of benzene rings is 2. The van der Waals surface area contributed by atoms with Gasteiger partial charge in [0.2, 0.25) is 0 Å². The summed E-state index contributed by atoms with van der Waals surface area (Å²) in [7, 11) is 0. The zero-order valence-corrected chi connectivity index (χ0v) is 15.5. The van der Waals surface area contributed by atoms with Crippen LogP contribution in [0.2, 0.25) is 0 Å². The molecule has 118 valence electrons. The zero-order valence-electron chi connectivity index (χ0n) is 12.3. The highest BCUT2D eigenvalue weighted by atomic mass is 79.9. The second-order valence-corrected chi connectivity index (χ2v) is 6.37. The Hall–Kier alpha value is -0.680. The van der Waals surface area contributed by atoms with Crippen LogP contribution in [-0.4, -0.2) is 23.9 Å². The van der Waals surface area contributed by atoms with E-state index in [1.165, 1.54) is 0 Å². The largest absolute Gasteiger partial charge is 0.370 e. The zero-order chi connectivity index (χ0) is 15.6. The molecule has 2 aromatic carbocycles. The van der Waals surface area contributed by atoms with Crippen molar-refractivity contribution in [2.24, 2.45) is 0 Å². The molecule has 2 unspecified atom stereocenters. The second-order valence-electron chi connectivity index (χ2n) is 4.78. The Morgan fingerprint density at radius 3 is 1.32 bits per heavy atom. The fourth-order valence-electron chi connectivity index (χ4n) is 2.35. The first kappa shape index (κ1) is 17.7. The van der Waals surface area contributed by atoms with Crippen molar-refractivity contribution >= 4 is 31.9 Å². The number of hydrogen-bond acceptors (Lipinski definition) is 2. The van der Waals surface area contributed by atoms with Crippen molar-refractivity contribution in [2.45, 2.75) is 12.2 Å². The third kappa shape index (κ3) is 5.20. The number of halogens is 2. The summed E-state index contributed by atoms with van der Waals surface area (Å²) < 4.78 is 12.2. The molecule has 0 aliphatic rings. The highest BCUT2D eigenvalue weighted by molar-refractivity contribution is 9.09. The van der Waals surface area contributed by atoms with Gasteiger partial charge in [-0.1, -0.05) is 92.5 Å². The van der Waals surface area contributed by atoms with Crippen LogP contribution in [0.5, 0.6) is 0 Å². The van der Waals surface area contributed by atoms with Crippen LogP contribution in [0.3, 0.4) is 0 Å². The minimum atomic E-state index is -0.125. The molecule has 0 aliphatic heterocycles. The van der Waals surface area contributed by atoms with Gasteiger partial charge >= 0.3 is 0 Å². The van der Waals surface area contributed by atoms with Crippen molar-refractivity contribution in [1.82, 2.24) is 0 Å². The number of ether oxygens (including phenoxy) is 2. The van der Waals surface area contributed by atoms with Gasteiger partial charge in [0.1, 0.15) is 12.2 Å². The van der Waals surface area contributed by atoms with Crippen LogP contribution in [0, 0.1) is 0 Å². The van der Waals surface area contributed by atoms with Crippen LogP contribution in [0.25, 0.3) is 0 Å². The average molecular weight is 428 g/mol. The number of rotatable bonds is 9. The Morgan fingerprint density at radius 2 is 1.00 bits per heavy atom. The van der Waals surface area contributed by atoms with Gasteiger partial charge < -0.3 is 9.47 Å². The molecule has 0 bridgehead atoms. The molecule has 0 N–H and O–H groups in total. The summed E-state index contributed by atoms with van der Waals surface area (Å²) >= 11 is 6.87. The van der Waals surface area contributed by atoms with Gasteiger partial charge in [-0.3, -0.25) is 0 Å². The molecule has 2 aromatic rings. The Labute approximate surface area is 149 Å². The smallest absolute Gasteiger partial charge is 0.113 e. The van der Waals surface area contributed by atoms with Crippen LogP contribution in [0.1, 0.15) is 23.3 Å². The molecule has 0 amide bonds. The molecule has 0 radical (unpaired) electrons. The summed E-state index contributed by atoms with van der Waals surface area (Å²) in [5, 5.41) is 1.60. The van der Waals surface area contributed by atoms with Crippen molar-refractivity contribution < 1.29 is 9.47 Å². The molecule has 0 aliphatic carbocycles. The Bertz CT molecular complexity index is 470. The van der Waals surface area contributed by atoms with E-state index in [-0.39, 0.29) is 12.2 Å². The lowest BCUT2D eigenvalue weighted by Gasteiger charge is -2.28. The van der Waals surface area contributed by atoms with Gasteiger partial charge in [0.05, 0.1) is 13.2 Å². The first-order valence-electron chi connectivity index (χ1n) is 7.32. The maximum absolute atomic E-state index is 6.10. The maximum atomic E-state index is 6.10. The predicted molar refractivity (Wildman–Crippen MR) is 97.9 cm³/mol.